The van der Waals surface area contributed by atoms with Gasteiger partial charge in [-0.25, -0.2) is 0 Å². The van der Waals surface area contributed by atoms with E-state index >= 15 is 0 Å². The molecule has 0 aromatic carbocycles. The molecule has 8 heteroatoms. The van der Waals surface area contributed by atoms with Gasteiger partial charge in [-0.2, -0.15) is 5.10 Å². The van der Waals surface area contributed by atoms with Crippen molar-refractivity contribution in [3.8, 4) is 0 Å². The Morgan fingerprint density at radius 2 is 2.48 bits per heavy atom. The number of nitrogens with zero attached hydrogens (tertiary/aromatic N) is 3. The van der Waals surface area contributed by atoms with Gasteiger partial charge in [0.25, 0.3) is 5.91 Å². The van der Waals surface area contributed by atoms with Gasteiger partial charge in [-0.3, -0.25) is 14.4 Å². The van der Waals surface area contributed by atoms with Crippen molar-refractivity contribution in [2.45, 2.75) is 18.9 Å². The van der Waals surface area contributed by atoms with Crippen LogP contribution in [0.5, 0.6) is 0 Å². The van der Waals surface area contributed by atoms with Gasteiger partial charge < -0.3 is 10.1 Å². The van der Waals surface area contributed by atoms with Gasteiger partial charge in [0.05, 0.1) is 29.0 Å². The molecule has 3 heterocycles. The Kier molecular flexibility index (Phi) is 4.10. The van der Waals surface area contributed by atoms with Crippen molar-refractivity contribution in [1.82, 2.24) is 20.0 Å². The van der Waals surface area contributed by atoms with E-state index in [9.17, 15) is 4.79 Å². The molecule has 1 N–H and O–H groups in total. The van der Waals surface area contributed by atoms with Crippen LogP contribution in [0.15, 0.2) is 16.4 Å². The molecule has 1 amide bonds. The number of rotatable bonds is 3. The van der Waals surface area contributed by atoms with Crippen molar-refractivity contribution in [2.75, 3.05) is 13.2 Å². The van der Waals surface area contributed by atoms with E-state index in [-0.39, 0.29) is 12.0 Å². The first-order valence-corrected chi connectivity index (χ1v) is 7.90. The first kappa shape index (κ1) is 14.7. The van der Waals surface area contributed by atoms with Crippen LogP contribution in [-0.2, 0) is 16.6 Å². The highest BCUT2D eigenvalue weighted by molar-refractivity contribution is 9.10. The predicted octanol–water partition coefficient (Wildman–Crippen LogP) is 1.42. The number of thiocarbonyl (C=S) groups is 1. The lowest BCUT2D eigenvalue weighted by Crippen LogP contribution is -2.37. The number of halogens is 1. The standard InChI is InChI=1S/C13H15BrN4O2S/c1-17-11(9(14)6-15-17)5-10-12(19)18(13(21)16-10)7-8-3-2-4-20-8/h5-6,8H,2-4,7H2,1H3,(H,16,21)/b10-5-/t8-/m1/s1. The molecule has 3 rings (SSSR count). The molecule has 0 bridgehead atoms. The molecular formula is C13H15BrN4O2S. The van der Waals surface area contributed by atoms with Crippen LogP contribution in [0.3, 0.4) is 0 Å². The molecule has 0 radical (unpaired) electrons. The number of hydrogen-bond donors (Lipinski definition) is 1. The summed E-state index contributed by atoms with van der Waals surface area (Å²) in [7, 11) is 1.82. The average Bonchev–Trinajstić information content (AvgIpc) is 3.13. The van der Waals surface area contributed by atoms with Gasteiger partial charge in [0.1, 0.15) is 5.70 Å². The Hall–Kier alpha value is -1.25. The summed E-state index contributed by atoms with van der Waals surface area (Å²) in [5, 5.41) is 7.53. The predicted molar refractivity (Wildman–Crippen MR) is 85.3 cm³/mol. The maximum atomic E-state index is 12.5. The molecule has 2 saturated heterocycles. The maximum absolute atomic E-state index is 12.5. The Morgan fingerprint density at radius 3 is 3.10 bits per heavy atom. The number of hydrogen-bond acceptors (Lipinski definition) is 4. The molecule has 1 aromatic heterocycles. The van der Waals surface area contributed by atoms with Crippen molar-refractivity contribution in [1.29, 1.82) is 0 Å². The molecule has 1 aromatic rings. The molecule has 1 atom stereocenters. The van der Waals surface area contributed by atoms with Crippen LogP contribution in [0.25, 0.3) is 6.08 Å². The van der Waals surface area contributed by atoms with Gasteiger partial charge in [-0.1, -0.05) is 0 Å². The minimum atomic E-state index is -0.122. The van der Waals surface area contributed by atoms with E-state index < -0.39 is 0 Å². The summed E-state index contributed by atoms with van der Waals surface area (Å²) in [5.74, 6) is -0.122. The van der Waals surface area contributed by atoms with Crippen molar-refractivity contribution >= 4 is 45.2 Å². The second-order valence-corrected chi connectivity index (χ2v) is 6.28. The lowest BCUT2D eigenvalue weighted by Gasteiger charge is -2.18. The van der Waals surface area contributed by atoms with Crippen molar-refractivity contribution in [3.05, 3.63) is 22.1 Å². The van der Waals surface area contributed by atoms with Crippen molar-refractivity contribution in [3.63, 3.8) is 0 Å². The van der Waals surface area contributed by atoms with E-state index in [0.29, 0.717) is 17.4 Å². The minimum absolute atomic E-state index is 0.0801. The van der Waals surface area contributed by atoms with Crippen molar-refractivity contribution in [2.24, 2.45) is 7.05 Å². The summed E-state index contributed by atoms with van der Waals surface area (Å²) < 4.78 is 8.09. The monoisotopic (exact) mass is 370 g/mol. The Morgan fingerprint density at radius 1 is 1.67 bits per heavy atom. The number of carbonyl (C=O) groups excluding carboxylic acids is 1. The van der Waals surface area contributed by atoms with E-state index in [1.165, 1.54) is 0 Å². The van der Waals surface area contributed by atoms with Gasteiger partial charge in [0, 0.05) is 13.7 Å². The number of amides is 1. The number of ether oxygens (including phenoxy) is 1. The third kappa shape index (κ3) is 2.88. The summed E-state index contributed by atoms with van der Waals surface area (Å²) >= 11 is 8.67. The third-order valence-corrected chi connectivity index (χ3v) is 4.52. The van der Waals surface area contributed by atoms with Gasteiger partial charge in [0.2, 0.25) is 0 Å². The number of aryl methyl sites for hydroxylation is 1. The zero-order valence-electron chi connectivity index (χ0n) is 11.5. The number of carbonyl (C=O) groups is 1. The van der Waals surface area contributed by atoms with E-state index in [4.69, 9.17) is 17.0 Å². The van der Waals surface area contributed by atoms with Crippen LogP contribution < -0.4 is 5.32 Å². The maximum Gasteiger partial charge on any atom is 0.276 e. The first-order valence-electron chi connectivity index (χ1n) is 6.70. The molecule has 0 aliphatic carbocycles. The Balaban J connectivity index is 1.79. The minimum Gasteiger partial charge on any atom is -0.376 e. The van der Waals surface area contributed by atoms with Crippen LogP contribution in [0, 0.1) is 0 Å². The Labute approximate surface area is 136 Å². The highest BCUT2D eigenvalue weighted by Gasteiger charge is 2.33. The highest BCUT2D eigenvalue weighted by atomic mass is 79.9. The van der Waals surface area contributed by atoms with Gasteiger partial charge >= 0.3 is 0 Å². The number of aromatic nitrogens is 2. The molecule has 6 nitrogen and oxygen atoms in total. The first-order chi connectivity index (χ1) is 10.1. The summed E-state index contributed by atoms with van der Waals surface area (Å²) in [6.45, 7) is 1.27. The second kappa shape index (κ2) is 5.86. The van der Waals surface area contributed by atoms with Gasteiger partial charge in [-0.15, -0.1) is 0 Å². The molecule has 2 fully saturated rings. The fourth-order valence-electron chi connectivity index (χ4n) is 2.45. The van der Waals surface area contributed by atoms with E-state index in [0.717, 1.165) is 29.6 Å². The average molecular weight is 371 g/mol. The zero-order chi connectivity index (χ0) is 15.0. The quantitative estimate of drug-likeness (QED) is 0.643. The van der Waals surface area contributed by atoms with Gasteiger partial charge in [0.15, 0.2) is 5.11 Å². The lowest BCUT2D eigenvalue weighted by molar-refractivity contribution is -0.123. The van der Waals surface area contributed by atoms with Crippen molar-refractivity contribution < 1.29 is 9.53 Å². The molecule has 0 unspecified atom stereocenters. The zero-order valence-corrected chi connectivity index (χ0v) is 13.9. The molecule has 112 valence electrons. The van der Waals surface area contributed by atoms with E-state index in [1.807, 2.05) is 7.05 Å². The normalized spacial score (nSPS) is 24.2. The second-order valence-electron chi connectivity index (χ2n) is 5.04. The molecular weight excluding hydrogens is 356 g/mol. The number of nitrogens with one attached hydrogen (secondary N) is 1. The molecule has 0 saturated carbocycles. The fraction of sp³-hybridized carbons (Fsp3) is 0.462. The van der Waals surface area contributed by atoms with Gasteiger partial charge in [-0.05, 0) is 47.1 Å². The largest absolute Gasteiger partial charge is 0.376 e. The molecule has 2 aliphatic rings. The molecule has 0 spiro atoms. The molecule has 2 aliphatic heterocycles. The van der Waals surface area contributed by atoms with Crippen LogP contribution in [0.1, 0.15) is 18.5 Å². The smallest absolute Gasteiger partial charge is 0.276 e. The third-order valence-electron chi connectivity index (χ3n) is 3.59. The summed E-state index contributed by atoms with van der Waals surface area (Å²) in [6, 6.07) is 0. The van der Waals surface area contributed by atoms with Crippen LogP contribution in [-0.4, -0.2) is 45.0 Å². The fourth-order valence-corrected chi connectivity index (χ4v) is 3.18. The molecule has 21 heavy (non-hydrogen) atoms. The summed E-state index contributed by atoms with van der Waals surface area (Å²) in [5.41, 5.74) is 1.27. The SMILES string of the molecule is Cn1ncc(Br)c1/C=C1\NC(=S)N(C[C@H]2CCCO2)C1=O. The highest BCUT2D eigenvalue weighted by Crippen LogP contribution is 2.22. The lowest BCUT2D eigenvalue weighted by atomic mass is 10.2. The topological polar surface area (TPSA) is 59.4 Å². The van der Waals surface area contributed by atoms with E-state index in [1.54, 1.807) is 21.9 Å². The van der Waals surface area contributed by atoms with Crippen LogP contribution in [0.2, 0.25) is 0 Å². The summed E-state index contributed by atoms with van der Waals surface area (Å²) in [6.07, 6.45) is 5.53. The Bertz CT molecular complexity index is 602. The van der Waals surface area contributed by atoms with E-state index in [2.05, 4.69) is 26.3 Å². The van der Waals surface area contributed by atoms with Crippen LogP contribution in [0.4, 0.5) is 0 Å². The van der Waals surface area contributed by atoms with Crippen LogP contribution >= 0.6 is 28.1 Å². The summed E-state index contributed by atoms with van der Waals surface area (Å²) in [4.78, 5) is 14.0.